The minimum atomic E-state index is -0.150. The number of hydrogen-bond acceptors (Lipinski definition) is 4. The SMILES string of the molecule is CC(C)C(C)CNC(=O)COc1ccc(C(N)=NO)cc1. The van der Waals surface area contributed by atoms with Crippen molar-refractivity contribution in [2.75, 3.05) is 13.2 Å². The number of carbonyl (C=O) groups is 1. The van der Waals surface area contributed by atoms with Gasteiger partial charge in [0.25, 0.3) is 5.91 Å². The van der Waals surface area contributed by atoms with E-state index in [4.69, 9.17) is 15.7 Å². The van der Waals surface area contributed by atoms with Crippen LogP contribution in [0.25, 0.3) is 0 Å². The molecule has 1 aromatic rings. The number of carbonyl (C=O) groups excluding carboxylic acids is 1. The summed E-state index contributed by atoms with van der Waals surface area (Å²) in [5.74, 6) is 1.38. The van der Waals surface area contributed by atoms with Crippen molar-refractivity contribution in [3.63, 3.8) is 0 Å². The molecule has 1 atom stereocenters. The van der Waals surface area contributed by atoms with E-state index in [-0.39, 0.29) is 18.3 Å². The van der Waals surface area contributed by atoms with Crippen LogP contribution in [-0.4, -0.2) is 30.1 Å². The lowest BCUT2D eigenvalue weighted by Crippen LogP contribution is -2.33. The van der Waals surface area contributed by atoms with Gasteiger partial charge in [0.1, 0.15) is 5.75 Å². The van der Waals surface area contributed by atoms with Gasteiger partial charge < -0.3 is 21.0 Å². The maximum atomic E-state index is 11.7. The fourth-order valence-corrected chi connectivity index (χ4v) is 1.49. The molecule has 21 heavy (non-hydrogen) atoms. The Morgan fingerprint density at radius 3 is 2.48 bits per heavy atom. The molecule has 116 valence electrons. The average Bonchev–Trinajstić information content (AvgIpc) is 2.50. The highest BCUT2D eigenvalue weighted by atomic mass is 16.5. The Balaban J connectivity index is 2.39. The Morgan fingerprint density at radius 1 is 1.33 bits per heavy atom. The second-order valence-electron chi connectivity index (χ2n) is 5.32. The zero-order valence-electron chi connectivity index (χ0n) is 12.7. The molecule has 6 heteroatoms. The lowest BCUT2D eigenvalue weighted by molar-refractivity contribution is -0.123. The first-order valence-corrected chi connectivity index (χ1v) is 6.91. The summed E-state index contributed by atoms with van der Waals surface area (Å²) in [6, 6.07) is 6.64. The van der Waals surface area contributed by atoms with Gasteiger partial charge in [-0.05, 0) is 36.1 Å². The normalized spacial score (nSPS) is 13.0. The summed E-state index contributed by atoms with van der Waals surface area (Å²) in [7, 11) is 0. The van der Waals surface area contributed by atoms with Crippen molar-refractivity contribution in [1.29, 1.82) is 0 Å². The molecule has 0 aliphatic carbocycles. The van der Waals surface area contributed by atoms with Crippen LogP contribution in [0.4, 0.5) is 0 Å². The van der Waals surface area contributed by atoms with Crippen molar-refractivity contribution in [3.05, 3.63) is 29.8 Å². The van der Waals surface area contributed by atoms with E-state index in [1.807, 2.05) is 0 Å². The standard InChI is InChI=1S/C15H23N3O3/c1-10(2)11(3)8-17-14(19)9-21-13-6-4-12(5-7-13)15(16)18-20/h4-7,10-11,20H,8-9H2,1-3H3,(H2,16,18)(H,17,19). The summed E-state index contributed by atoms with van der Waals surface area (Å²) in [5.41, 5.74) is 6.04. The minimum Gasteiger partial charge on any atom is -0.484 e. The highest BCUT2D eigenvalue weighted by Gasteiger charge is 2.09. The van der Waals surface area contributed by atoms with Crippen LogP contribution in [0.3, 0.4) is 0 Å². The van der Waals surface area contributed by atoms with E-state index in [0.29, 0.717) is 29.7 Å². The Hall–Kier alpha value is -2.24. The van der Waals surface area contributed by atoms with Crippen LogP contribution >= 0.6 is 0 Å². The monoisotopic (exact) mass is 293 g/mol. The zero-order chi connectivity index (χ0) is 15.8. The average molecular weight is 293 g/mol. The van der Waals surface area contributed by atoms with Gasteiger partial charge in [-0.2, -0.15) is 0 Å². The first kappa shape index (κ1) is 16.8. The highest BCUT2D eigenvalue weighted by Crippen LogP contribution is 2.12. The summed E-state index contributed by atoms with van der Waals surface area (Å²) in [6.07, 6.45) is 0. The number of ether oxygens (including phenoxy) is 1. The molecule has 0 saturated carbocycles. The molecule has 0 fully saturated rings. The Morgan fingerprint density at radius 2 is 1.95 bits per heavy atom. The van der Waals surface area contributed by atoms with Crippen LogP contribution in [0.15, 0.2) is 29.4 Å². The number of nitrogens with two attached hydrogens (primary N) is 1. The van der Waals surface area contributed by atoms with Crippen LogP contribution in [0.5, 0.6) is 5.75 Å². The number of hydrogen-bond donors (Lipinski definition) is 3. The molecule has 0 heterocycles. The van der Waals surface area contributed by atoms with Crippen molar-refractivity contribution in [1.82, 2.24) is 5.32 Å². The van der Waals surface area contributed by atoms with Crippen LogP contribution < -0.4 is 15.8 Å². The van der Waals surface area contributed by atoms with Crippen molar-refractivity contribution in [2.24, 2.45) is 22.7 Å². The maximum Gasteiger partial charge on any atom is 0.257 e. The summed E-state index contributed by atoms with van der Waals surface area (Å²) in [4.78, 5) is 11.7. The molecule has 4 N–H and O–H groups in total. The van der Waals surface area contributed by atoms with Crippen molar-refractivity contribution in [2.45, 2.75) is 20.8 Å². The van der Waals surface area contributed by atoms with Crippen LogP contribution in [-0.2, 0) is 4.79 Å². The van der Waals surface area contributed by atoms with Gasteiger partial charge in [0.2, 0.25) is 0 Å². The molecular weight excluding hydrogens is 270 g/mol. The molecule has 0 aliphatic heterocycles. The molecule has 0 spiro atoms. The number of rotatable bonds is 7. The van der Waals surface area contributed by atoms with Crippen molar-refractivity contribution < 1.29 is 14.7 Å². The van der Waals surface area contributed by atoms with Gasteiger partial charge in [0.05, 0.1) is 0 Å². The van der Waals surface area contributed by atoms with Gasteiger partial charge in [-0.1, -0.05) is 25.9 Å². The fourth-order valence-electron chi connectivity index (χ4n) is 1.49. The number of benzene rings is 1. The smallest absolute Gasteiger partial charge is 0.257 e. The van der Waals surface area contributed by atoms with Gasteiger partial charge in [0, 0.05) is 12.1 Å². The summed E-state index contributed by atoms with van der Waals surface area (Å²) >= 11 is 0. The van der Waals surface area contributed by atoms with E-state index in [1.54, 1.807) is 24.3 Å². The van der Waals surface area contributed by atoms with E-state index < -0.39 is 0 Å². The molecule has 0 radical (unpaired) electrons. The van der Waals surface area contributed by atoms with Gasteiger partial charge in [-0.25, -0.2) is 0 Å². The number of oxime groups is 1. The first-order chi connectivity index (χ1) is 9.93. The maximum absolute atomic E-state index is 11.7. The number of amidine groups is 1. The van der Waals surface area contributed by atoms with E-state index >= 15 is 0 Å². The summed E-state index contributed by atoms with van der Waals surface area (Å²) in [6.45, 7) is 6.94. The molecule has 6 nitrogen and oxygen atoms in total. The highest BCUT2D eigenvalue weighted by molar-refractivity contribution is 5.97. The lowest BCUT2D eigenvalue weighted by Gasteiger charge is -2.16. The third kappa shape index (κ3) is 5.72. The van der Waals surface area contributed by atoms with Crippen LogP contribution in [0, 0.1) is 11.8 Å². The second kappa shape index (κ2) is 8.14. The van der Waals surface area contributed by atoms with Gasteiger partial charge in [-0.3, -0.25) is 4.79 Å². The van der Waals surface area contributed by atoms with E-state index in [0.717, 1.165) is 0 Å². The molecule has 0 aliphatic rings. The van der Waals surface area contributed by atoms with Gasteiger partial charge in [0.15, 0.2) is 12.4 Å². The van der Waals surface area contributed by atoms with Gasteiger partial charge >= 0.3 is 0 Å². The van der Waals surface area contributed by atoms with Crippen LogP contribution in [0.1, 0.15) is 26.3 Å². The largest absolute Gasteiger partial charge is 0.484 e. The molecule has 1 amide bonds. The zero-order valence-corrected chi connectivity index (χ0v) is 12.7. The first-order valence-electron chi connectivity index (χ1n) is 6.91. The summed E-state index contributed by atoms with van der Waals surface area (Å²) < 4.78 is 5.37. The lowest BCUT2D eigenvalue weighted by atomic mass is 9.98. The van der Waals surface area contributed by atoms with E-state index in [9.17, 15) is 4.79 Å². The van der Waals surface area contributed by atoms with Gasteiger partial charge in [-0.15, -0.1) is 0 Å². The molecular formula is C15H23N3O3. The van der Waals surface area contributed by atoms with Crippen LogP contribution in [0.2, 0.25) is 0 Å². The molecule has 1 aromatic carbocycles. The molecule has 1 unspecified atom stereocenters. The molecule has 1 rings (SSSR count). The van der Waals surface area contributed by atoms with Crippen molar-refractivity contribution in [3.8, 4) is 5.75 Å². The minimum absolute atomic E-state index is 0.0296. The predicted octanol–water partition coefficient (Wildman–Crippen LogP) is 1.57. The summed E-state index contributed by atoms with van der Waals surface area (Å²) in [5, 5.41) is 14.3. The fraction of sp³-hybridized carbons (Fsp3) is 0.467. The quantitative estimate of drug-likeness (QED) is 0.308. The Kier molecular flexibility index (Phi) is 6.52. The Bertz CT molecular complexity index is 483. The molecule has 0 bridgehead atoms. The number of amides is 1. The van der Waals surface area contributed by atoms with Crippen molar-refractivity contribution >= 4 is 11.7 Å². The number of nitrogens with one attached hydrogen (secondary N) is 1. The topological polar surface area (TPSA) is 96.9 Å². The Labute approximate surface area is 125 Å². The second-order valence-corrected chi connectivity index (χ2v) is 5.32. The van der Waals surface area contributed by atoms with E-state index in [1.165, 1.54) is 0 Å². The predicted molar refractivity (Wildman–Crippen MR) is 81.5 cm³/mol. The third-order valence-corrected chi connectivity index (χ3v) is 3.39. The molecule has 0 aromatic heterocycles. The molecule has 0 saturated heterocycles. The van der Waals surface area contributed by atoms with E-state index in [2.05, 4.69) is 31.2 Å². The third-order valence-electron chi connectivity index (χ3n) is 3.39. The number of nitrogens with zero attached hydrogens (tertiary/aromatic N) is 1.